The van der Waals surface area contributed by atoms with E-state index in [2.05, 4.69) is 4.90 Å². The van der Waals surface area contributed by atoms with Gasteiger partial charge in [-0.2, -0.15) is 4.98 Å². The zero-order valence-corrected chi connectivity index (χ0v) is 17.7. The van der Waals surface area contributed by atoms with Crippen LogP contribution >= 0.6 is 23.2 Å². The number of halogens is 2. The standard InChI is InChI=1S/C22H20Cl2N6/c23-15-9-10-17(16(24)13-15)30-20(25)18-19(14-7-3-1-4-8-14)26-22(27-21(18)28-30)29-11-5-2-6-12-29/h1,3-4,7-10,13H,2,5-6,11-12,25H2. The van der Waals surface area contributed by atoms with Crippen LogP contribution in [0, 0.1) is 0 Å². The van der Waals surface area contributed by atoms with Crippen LogP contribution in [0.25, 0.3) is 28.0 Å². The van der Waals surface area contributed by atoms with Crippen molar-refractivity contribution in [2.45, 2.75) is 19.3 Å². The second kappa shape index (κ2) is 7.78. The van der Waals surface area contributed by atoms with Gasteiger partial charge in [0.2, 0.25) is 5.95 Å². The van der Waals surface area contributed by atoms with Crippen LogP contribution in [-0.4, -0.2) is 32.8 Å². The van der Waals surface area contributed by atoms with Crippen LogP contribution in [0.2, 0.25) is 10.0 Å². The molecular weight excluding hydrogens is 419 g/mol. The van der Waals surface area contributed by atoms with Crippen LogP contribution in [0.4, 0.5) is 11.8 Å². The van der Waals surface area contributed by atoms with Gasteiger partial charge in [0.25, 0.3) is 0 Å². The molecule has 2 aromatic heterocycles. The fourth-order valence-corrected chi connectivity index (χ4v) is 4.37. The summed E-state index contributed by atoms with van der Waals surface area (Å²) in [5.41, 5.74) is 9.50. The summed E-state index contributed by atoms with van der Waals surface area (Å²) >= 11 is 12.5. The third-order valence-electron chi connectivity index (χ3n) is 5.38. The number of fused-ring (bicyclic) bond motifs is 1. The molecule has 4 aromatic rings. The highest BCUT2D eigenvalue weighted by molar-refractivity contribution is 6.35. The van der Waals surface area contributed by atoms with Gasteiger partial charge in [0.15, 0.2) is 5.65 Å². The molecule has 0 unspecified atom stereocenters. The minimum atomic E-state index is 0.443. The molecule has 0 spiro atoms. The number of aromatic nitrogens is 4. The van der Waals surface area contributed by atoms with E-state index in [4.69, 9.17) is 44.0 Å². The van der Waals surface area contributed by atoms with Crippen LogP contribution in [0.5, 0.6) is 0 Å². The fourth-order valence-electron chi connectivity index (χ4n) is 3.88. The Kier molecular flexibility index (Phi) is 4.97. The van der Waals surface area contributed by atoms with Gasteiger partial charge in [-0.05, 0) is 37.5 Å². The molecule has 5 rings (SSSR count). The fraction of sp³-hybridized carbons (Fsp3) is 0.227. The zero-order chi connectivity index (χ0) is 20.7. The molecule has 3 heterocycles. The lowest BCUT2D eigenvalue weighted by Gasteiger charge is -2.26. The van der Waals surface area contributed by atoms with Crippen LogP contribution in [0.1, 0.15) is 19.3 Å². The average Bonchev–Trinajstić information content (AvgIpc) is 3.10. The maximum absolute atomic E-state index is 6.56. The van der Waals surface area contributed by atoms with Crippen molar-refractivity contribution in [3.05, 3.63) is 58.6 Å². The molecule has 1 fully saturated rings. The van der Waals surface area contributed by atoms with E-state index in [1.54, 1.807) is 22.9 Å². The predicted octanol–water partition coefficient (Wildman–Crippen LogP) is 5.36. The first-order valence-electron chi connectivity index (χ1n) is 9.94. The van der Waals surface area contributed by atoms with Gasteiger partial charge in [0.05, 0.1) is 21.8 Å². The Morgan fingerprint density at radius 1 is 0.900 bits per heavy atom. The largest absolute Gasteiger partial charge is 0.383 e. The summed E-state index contributed by atoms with van der Waals surface area (Å²) in [5.74, 6) is 1.13. The summed E-state index contributed by atoms with van der Waals surface area (Å²) in [6.07, 6.45) is 3.51. The quantitative estimate of drug-likeness (QED) is 0.465. The van der Waals surface area contributed by atoms with Gasteiger partial charge in [-0.25, -0.2) is 9.67 Å². The number of piperidine rings is 1. The van der Waals surface area contributed by atoms with Gasteiger partial charge >= 0.3 is 0 Å². The van der Waals surface area contributed by atoms with E-state index in [0.717, 1.165) is 37.2 Å². The Hall–Kier alpha value is -2.83. The Morgan fingerprint density at radius 3 is 2.40 bits per heavy atom. The highest BCUT2D eigenvalue weighted by atomic mass is 35.5. The van der Waals surface area contributed by atoms with Crippen molar-refractivity contribution >= 4 is 46.0 Å². The molecule has 1 aliphatic heterocycles. The van der Waals surface area contributed by atoms with Crippen molar-refractivity contribution in [2.75, 3.05) is 23.7 Å². The number of rotatable bonds is 3. The minimum Gasteiger partial charge on any atom is -0.383 e. The molecule has 0 amide bonds. The lowest BCUT2D eigenvalue weighted by molar-refractivity contribution is 0.569. The summed E-state index contributed by atoms with van der Waals surface area (Å²) in [6.45, 7) is 1.89. The van der Waals surface area contributed by atoms with E-state index in [9.17, 15) is 0 Å². The molecule has 8 heteroatoms. The lowest BCUT2D eigenvalue weighted by atomic mass is 10.1. The summed E-state index contributed by atoms with van der Waals surface area (Å²) in [7, 11) is 0. The van der Waals surface area contributed by atoms with Gasteiger partial charge in [0.1, 0.15) is 5.82 Å². The number of nitrogens with zero attached hydrogens (tertiary/aromatic N) is 5. The molecule has 6 nitrogen and oxygen atoms in total. The van der Waals surface area contributed by atoms with Crippen molar-refractivity contribution in [1.29, 1.82) is 0 Å². The zero-order valence-electron chi connectivity index (χ0n) is 16.2. The number of hydrogen-bond donors (Lipinski definition) is 1. The highest BCUT2D eigenvalue weighted by Gasteiger charge is 2.22. The second-order valence-electron chi connectivity index (χ2n) is 7.38. The lowest BCUT2D eigenvalue weighted by Crippen LogP contribution is -2.31. The number of nitrogens with two attached hydrogens (primary N) is 1. The SMILES string of the molecule is Nc1c2c(-c3ccccc3)nc(N3CCCCC3)nc2nn1-c1ccc(Cl)cc1Cl. The van der Waals surface area contributed by atoms with Crippen molar-refractivity contribution in [3.63, 3.8) is 0 Å². The van der Waals surface area contributed by atoms with E-state index < -0.39 is 0 Å². The molecule has 0 radical (unpaired) electrons. The van der Waals surface area contributed by atoms with Crippen molar-refractivity contribution in [3.8, 4) is 16.9 Å². The van der Waals surface area contributed by atoms with Crippen molar-refractivity contribution < 1.29 is 0 Å². The first kappa shape index (κ1) is 19.2. The van der Waals surface area contributed by atoms with E-state index in [1.165, 1.54) is 6.42 Å². The van der Waals surface area contributed by atoms with Gasteiger partial charge in [-0.1, -0.05) is 53.5 Å². The average molecular weight is 439 g/mol. The smallest absolute Gasteiger partial charge is 0.228 e. The van der Waals surface area contributed by atoms with Crippen LogP contribution in [0.15, 0.2) is 48.5 Å². The van der Waals surface area contributed by atoms with E-state index in [0.29, 0.717) is 38.5 Å². The molecule has 0 aliphatic carbocycles. The Morgan fingerprint density at radius 2 is 1.67 bits per heavy atom. The maximum Gasteiger partial charge on any atom is 0.228 e. The normalized spacial score (nSPS) is 14.4. The summed E-state index contributed by atoms with van der Waals surface area (Å²) < 4.78 is 1.62. The van der Waals surface area contributed by atoms with Crippen LogP contribution in [-0.2, 0) is 0 Å². The van der Waals surface area contributed by atoms with E-state index in [1.807, 2.05) is 30.3 Å². The number of anilines is 2. The van der Waals surface area contributed by atoms with Crippen molar-refractivity contribution in [1.82, 2.24) is 19.7 Å². The van der Waals surface area contributed by atoms with Crippen LogP contribution in [0.3, 0.4) is 0 Å². The van der Waals surface area contributed by atoms with Crippen molar-refractivity contribution in [2.24, 2.45) is 0 Å². The van der Waals surface area contributed by atoms with E-state index in [-0.39, 0.29) is 0 Å². The third kappa shape index (κ3) is 3.36. The van der Waals surface area contributed by atoms with E-state index >= 15 is 0 Å². The topological polar surface area (TPSA) is 72.9 Å². The molecule has 2 aromatic carbocycles. The minimum absolute atomic E-state index is 0.443. The summed E-state index contributed by atoms with van der Waals surface area (Å²) in [4.78, 5) is 11.9. The first-order chi connectivity index (χ1) is 14.6. The summed E-state index contributed by atoms with van der Waals surface area (Å²) in [5, 5.41) is 6.43. The molecule has 0 saturated carbocycles. The number of nitrogen functional groups attached to an aromatic ring is 1. The molecule has 2 N–H and O–H groups in total. The molecule has 30 heavy (non-hydrogen) atoms. The van der Waals surface area contributed by atoms with Gasteiger partial charge < -0.3 is 10.6 Å². The monoisotopic (exact) mass is 438 g/mol. The van der Waals surface area contributed by atoms with Crippen LogP contribution < -0.4 is 10.6 Å². The number of benzene rings is 2. The molecule has 0 atom stereocenters. The second-order valence-corrected chi connectivity index (χ2v) is 8.22. The molecule has 1 aliphatic rings. The number of hydrogen-bond acceptors (Lipinski definition) is 5. The summed E-state index contributed by atoms with van der Waals surface area (Å²) in [6, 6.07) is 15.2. The third-order valence-corrected chi connectivity index (χ3v) is 5.92. The van der Waals surface area contributed by atoms with Gasteiger partial charge in [-0.15, -0.1) is 5.10 Å². The maximum atomic E-state index is 6.56. The molecule has 0 bridgehead atoms. The molecular formula is C22H20Cl2N6. The first-order valence-corrected chi connectivity index (χ1v) is 10.7. The Bertz CT molecular complexity index is 1220. The molecule has 1 saturated heterocycles. The predicted molar refractivity (Wildman–Crippen MR) is 123 cm³/mol. The molecule has 152 valence electrons. The Balaban J connectivity index is 1.75. The van der Waals surface area contributed by atoms with Gasteiger partial charge in [-0.3, -0.25) is 0 Å². The highest BCUT2D eigenvalue weighted by Crippen LogP contribution is 2.35. The Labute approximate surface area is 184 Å². The van der Waals surface area contributed by atoms with Gasteiger partial charge in [0, 0.05) is 23.7 Å².